The molecule has 6 aliphatic rings. The molecule has 2 spiro atoms. The number of fused-ring (bicyclic) bond motifs is 1. The van der Waals surface area contributed by atoms with Gasteiger partial charge in [-0.05, 0) is 12.3 Å². The molecule has 0 aromatic rings. The van der Waals surface area contributed by atoms with Crippen LogP contribution in [0, 0.1) is 28.1 Å². The van der Waals surface area contributed by atoms with E-state index in [4.69, 9.17) is 18.9 Å². The van der Waals surface area contributed by atoms with Gasteiger partial charge in [0.25, 0.3) is 0 Å². The lowest BCUT2D eigenvalue weighted by Crippen LogP contribution is -2.66. The second kappa shape index (κ2) is 4.69. The van der Waals surface area contributed by atoms with E-state index in [0.29, 0.717) is 0 Å². The van der Waals surface area contributed by atoms with Gasteiger partial charge in [0.15, 0.2) is 11.7 Å². The predicted molar refractivity (Wildman–Crippen MR) is 92.0 cm³/mol. The molecule has 6 rings (SSSR count). The van der Waals surface area contributed by atoms with Crippen LogP contribution in [0.2, 0.25) is 0 Å². The Bertz CT molecular complexity index is 925. The van der Waals surface area contributed by atoms with Gasteiger partial charge < -0.3 is 34.3 Å². The van der Waals surface area contributed by atoms with Crippen LogP contribution in [0.3, 0.4) is 0 Å². The molecule has 4 heterocycles. The number of carbonyl (C=O) groups excluding carboxylic acids is 3. The van der Waals surface area contributed by atoms with Crippen molar-refractivity contribution in [2.45, 2.75) is 76.0 Å². The van der Waals surface area contributed by atoms with Gasteiger partial charge in [0.1, 0.15) is 12.2 Å². The molecule has 11 atom stereocenters. The van der Waals surface area contributed by atoms with E-state index in [1.807, 2.05) is 20.8 Å². The molecule has 10 nitrogen and oxygen atoms in total. The molecule has 0 unspecified atom stereocenters. The van der Waals surface area contributed by atoms with Gasteiger partial charge in [-0.1, -0.05) is 20.8 Å². The van der Waals surface area contributed by atoms with Crippen molar-refractivity contribution in [1.82, 2.24) is 0 Å². The van der Waals surface area contributed by atoms with Crippen molar-refractivity contribution in [3.8, 4) is 0 Å². The second-order valence-corrected chi connectivity index (χ2v) is 10.7. The highest BCUT2D eigenvalue weighted by Crippen LogP contribution is 2.84. The van der Waals surface area contributed by atoms with E-state index >= 15 is 0 Å². The fourth-order valence-electron chi connectivity index (χ4n) is 8.22. The number of hydrogen-bond donors (Lipinski definition) is 3. The standard InChI is InChI=1S/C20H24O10/c1-6-12(23)27-7-5-17-11-8(21)9(16(2,3)4)18(17)10(22)13(24)29-15(18)30-20(17,14(25)28-11)19(6,7)26/h6-11,15,21-22,26H,5H2,1-4H3/t6-,7+,8-,9+,10+,11-,15+,17+,18-,19-,20-/m1/s1. The average molecular weight is 424 g/mol. The third kappa shape index (κ3) is 1.35. The van der Waals surface area contributed by atoms with E-state index in [1.54, 1.807) is 0 Å². The molecule has 0 radical (unpaired) electrons. The summed E-state index contributed by atoms with van der Waals surface area (Å²) in [6.07, 6.45) is -6.73. The smallest absolute Gasteiger partial charge is 0.342 e. The summed E-state index contributed by atoms with van der Waals surface area (Å²) in [5.74, 6) is -4.43. The lowest BCUT2D eigenvalue weighted by atomic mass is 9.51. The molecule has 0 amide bonds. The molecule has 4 saturated heterocycles. The summed E-state index contributed by atoms with van der Waals surface area (Å²) >= 11 is 0. The van der Waals surface area contributed by atoms with Crippen LogP contribution in [-0.2, 0) is 33.3 Å². The molecule has 10 heteroatoms. The summed E-state index contributed by atoms with van der Waals surface area (Å²) in [5.41, 5.74) is -7.95. The van der Waals surface area contributed by atoms with Gasteiger partial charge in [0.2, 0.25) is 11.9 Å². The topological polar surface area (TPSA) is 149 Å². The quantitative estimate of drug-likeness (QED) is 0.314. The number of aliphatic hydroxyl groups excluding tert-OH is 2. The molecule has 30 heavy (non-hydrogen) atoms. The number of ether oxygens (including phenoxy) is 4. The zero-order chi connectivity index (χ0) is 21.8. The van der Waals surface area contributed by atoms with Crippen LogP contribution in [0.4, 0.5) is 0 Å². The van der Waals surface area contributed by atoms with Crippen molar-refractivity contribution in [3.63, 3.8) is 0 Å². The summed E-state index contributed by atoms with van der Waals surface area (Å²) < 4.78 is 22.6. The second-order valence-electron chi connectivity index (χ2n) is 10.7. The van der Waals surface area contributed by atoms with Crippen LogP contribution >= 0.6 is 0 Å². The minimum atomic E-state index is -2.12. The Hall–Kier alpha value is -1.75. The fraction of sp³-hybridized carbons (Fsp3) is 0.850. The summed E-state index contributed by atoms with van der Waals surface area (Å²) in [6.45, 7) is 6.97. The molecule has 164 valence electrons. The Labute approximate surface area is 171 Å². The lowest BCUT2D eigenvalue weighted by Gasteiger charge is -2.46. The van der Waals surface area contributed by atoms with E-state index in [9.17, 15) is 29.7 Å². The first kappa shape index (κ1) is 19.0. The third-order valence-electron chi connectivity index (χ3n) is 8.91. The first-order chi connectivity index (χ1) is 13.8. The van der Waals surface area contributed by atoms with Crippen molar-refractivity contribution < 1.29 is 48.7 Å². The highest BCUT2D eigenvalue weighted by molar-refractivity contribution is 5.93. The third-order valence-corrected chi connectivity index (χ3v) is 8.91. The van der Waals surface area contributed by atoms with E-state index in [0.717, 1.165) is 0 Å². The maximum Gasteiger partial charge on any atom is 0.342 e. The zero-order valence-electron chi connectivity index (χ0n) is 16.9. The Kier molecular flexibility index (Phi) is 2.97. The largest absolute Gasteiger partial charge is 0.459 e. The van der Waals surface area contributed by atoms with Crippen LogP contribution in [0.5, 0.6) is 0 Å². The predicted octanol–water partition coefficient (Wildman–Crippen LogP) is -1.37. The lowest BCUT2D eigenvalue weighted by molar-refractivity contribution is -0.239. The molecule has 2 aliphatic carbocycles. The highest BCUT2D eigenvalue weighted by atomic mass is 16.8. The van der Waals surface area contributed by atoms with Gasteiger partial charge >= 0.3 is 17.9 Å². The van der Waals surface area contributed by atoms with Gasteiger partial charge in [0, 0.05) is 12.3 Å². The molecule has 0 bridgehead atoms. The van der Waals surface area contributed by atoms with Crippen LogP contribution in [0.1, 0.15) is 34.1 Å². The van der Waals surface area contributed by atoms with Crippen molar-refractivity contribution >= 4 is 17.9 Å². The zero-order valence-corrected chi connectivity index (χ0v) is 16.9. The van der Waals surface area contributed by atoms with Crippen molar-refractivity contribution in [2.24, 2.45) is 28.1 Å². The first-order valence-corrected chi connectivity index (χ1v) is 10.2. The summed E-state index contributed by atoms with van der Waals surface area (Å²) in [5, 5.41) is 34.4. The van der Waals surface area contributed by atoms with E-state index in [2.05, 4.69) is 0 Å². The molecule has 6 fully saturated rings. The van der Waals surface area contributed by atoms with E-state index < -0.39 is 87.9 Å². The normalized spacial score (nSPS) is 60.1. The monoisotopic (exact) mass is 424 g/mol. The molecule has 3 N–H and O–H groups in total. The van der Waals surface area contributed by atoms with Crippen molar-refractivity contribution in [1.29, 1.82) is 0 Å². The SMILES string of the molecule is C[C@@H]1C(=O)O[C@H]2C[C@@]34[C@@H]5OC(=O)[C@]3(O[C@@H]3OC(=O)[C@H](O)[C@]34[C@H](C(C)(C)C)[C@H]5O)[C@]21O. The molecule has 2 saturated carbocycles. The van der Waals surface area contributed by atoms with E-state index in [-0.39, 0.29) is 6.42 Å². The van der Waals surface area contributed by atoms with Crippen LogP contribution in [0.25, 0.3) is 0 Å². The van der Waals surface area contributed by atoms with Gasteiger partial charge in [-0.2, -0.15) is 0 Å². The number of rotatable bonds is 0. The molecular weight excluding hydrogens is 400 g/mol. The number of carbonyl (C=O) groups is 3. The van der Waals surface area contributed by atoms with Crippen LogP contribution in [-0.4, -0.2) is 75.1 Å². The number of esters is 3. The Morgan fingerprint density at radius 1 is 1.03 bits per heavy atom. The Balaban J connectivity index is 1.71. The molecule has 0 aromatic carbocycles. The Morgan fingerprint density at radius 3 is 2.33 bits per heavy atom. The van der Waals surface area contributed by atoms with Crippen LogP contribution < -0.4 is 0 Å². The maximum absolute atomic E-state index is 13.4. The summed E-state index contributed by atoms with van der Waals surface area (Å²) in [4.78, 5) is 38.2. The highest BCUT2D eigenvalue weighted by Gasteiger charge is 3.02. The van der Waals surface area contributed by atoms with E-state index in [1.165, 1.54) is 6.92 Å². The average Bonchev–Trinajstić information content (AvgIpc) is 3.32. The van der Waals surface area contributed by atoms with Gasteiger partial charge in [-0.3, -0.25) is 4.79 Å². The van der Waals surface area contributed by atoms with Gasteiger partial charge in [-0.25, -0.2) is 9.59 Å². The minimum absolute atomic E-state index is 0.107. The van der Waals surface area contributed by atoms with Crippen LogP contribution in [0.15, 0.2) is 0 Å². The Morgan fingerprint density at radius 2 is 1.70 bits per heavy atom. The molecular formula is C20H24O10. The molecule has 0 aromatic heterocycles. The van der Waals surface area contributed by atoms with Crippen molar-refractivity contribution in [2.75, 3.05) is 0 Å². The fourth-order valence-corrected chi connectivity index (χ4v) is 8.22. The minimum Gasteiger partial charge on any atom is -0.459 e. The summed E-state index contributed by atoms with van der Waals surface area (Å²) in [7, 11) is 0. The van der Waals surface area contributed by atoms with Gasteiger partial charge in [-0.15, -0.1) is 0 Å². The first-order valence-electron chi connectivity index (χ1n) is 10.2. The summed E-state index contributed by atoms with van der Waals surface area (Å²) in [6, 6.07) is 0. The molecule has 4 aliphatic heterocycles. The van der Waals surface area contributed by atoms with Crippen molar-refractivity contribution in [3.05, 3.63) is 0 Å². The maximum atomic E-state index is 13.4. The number of aliphatic hydroxyl groups is 3. The number of hydrogen-bond acceptors (Lipinski definition) is 10. The van der Waals surface area contributed by atoms with Gasteiger partial charge in [0.05, 0.1) is 22.9 Å².